The van der Waals surface area contributed by atoms with E-state index in [1.807, 2.05) is 13.8 Å². The van der Waals surface area contributed by atoms with Crippen LogP contribution in [0.3, 0.4) is 0 Å². The number of hydrogen-bond acceptors (Lipinski definition) is 8. The Hall–Kier alpha value is -3.66. The number of rotatable bonds is 3. The minimum atomic E-state index is -0.838. The molecule has 1 aromatic carbocycles. The summed E-state index contributed by atoms with van der Waals surface area (Å²) >= 11 is 0. The third-order valence-electron chi connectivity index (χ3n) is 6.88. The first-order valence-corrected chi connectivity index (χ1v) is 11.1. The molecule has 5 N–H and O–H groups in total. The molecule has 0 bridgehead atoms. The van der Waals surface area contributed by atoms with Gasteiger partial charge in [0, 0.05) is 47.8 Å². The number of fused-ring (bicyclic) bond motifs is 2. The van der Waals surface area contributed by atoms with Crippen LogP contribution in [0.15, 0.2) is 24.5 Å². The van der Waals surface area contributed by atoms with Gasteiger partial charge in [0.15, 0.2) is 5.82 Å². The summed E-state index contributed by atoms with van der Waals surface area (Å²) in [4.78, 5) is 20.8. The molecule has 3 heterocycles. The van der Waals surface area contributed by atoms with E-state index in [4.69, 9.17) is 15.2 Å². The van der Waals surface area contributed by atoms with E-state index in [-0.39, 0.29) is 29.1 Å². The number of anilines is 3. The normalized spacial score (nSPS) is 23.3. The Bertz CT molecular complexity index is 1310. The maximum atomic E-state index is 15.3. The van der Waals surface area contributed by atoms with Crippen LogP contribution in [0.4, 0.5) is 26.4 Å². The molecule has 178 valence electrons. The third-order valence-corrected chi connectivity index (χ3v) is 6.88. The number of halogens is 1. The predicted molar refractivity (Wildman–Crippen MR) is 126 cm³/mol. The number of aliphatic hydroxyl groups is 1. The maximum Gasteiger partial charge on any atom is 0.413 e. The summed E-state index contributed by atoms with van der Waals surface area (Å²) in [7, 11) is 0. The standard InChI is InChI=1S/C24H26FN5O4/c1-11-15(9-29-22-21(11)27-4-5-33-22)14-6-13-7-18(28-10-16(13)20(26)19(14)25)30-23(31)34-17-8-24(3,32)12(17)2/h6-7,9-10,12,17,27,32H,4-5,8,26H2,1-3H3,(H,28,30,31)/t12-,17-,24-/m0/s1. The Morgan fingerprint density at radius 3 is 2.88 bits per heavy atom. The Morgan fingerprint density at radius 1 is 1.35 bits per heavy atom. The summed E-state index contributed by atoms with van der Waals surface area (Å²) in [5.41, 5.74) is 7.63. The largest absolute Gasteiger partial charge is 0.474 e. The second-order valence-electron chi connectivity index (χ2n) is 9.11. The average molecular weight is 468 g/mol. The van der Waals surface area contributed by atoms with Crippen LogP contribution in [0.25, 0.3) is 21.9 Å². The van der Waals surface area contributed by atoms with Gasteiger partial charge in [0.05, 0.1) is 11.3 Å². The summed E-state index contributed by atoms with van der Waals surface area (Å²) in [6, 6.07) is 3.27. The van der Waals surface area contributed by atoms with E-state index in [1.165, 1.54) is 6.20 Å². The van der Waals surface area contributed by atoms with Crippen molar-refractivity contribution >= 4 is 34.1 Å². The molecule has 1 aliphatic carbocycles. The van der Waals surface area contributed by atoms with Gasteiger partial charge in [0.1, 0.15) is 24.2 Å². The fourth-order valence-electron chi connectivity index (χ4n) is 4.48. The van der Waals surface area contributed by atoms with Crippen molar-refractivity contribution in [2.45, 2.75) is 38.9 Å². The molecule has 0 spiro atoms. The van der Waals surface area contributed by atoms with Crippen molar-refractivity contribution in [2.75, 3.05) is 29.5 Å². The van der Waals surface area contributed by atoms with Gasteiger partial charge in [-0.2, -0.15) is 0 Å². The molecule has 0 radical (unpaired) electrons. The number of nitrogen functional groups attached to an aromatic ring is 1. The van der Waals surface area contributed by atoms with E-state index in [0.29, 0.717) is 41.8 Å². The van der Waals surface area contributed by atoms with Crippen molar-refractivity contribution in [1.82, 2.24) is 9.97 Å². The second kappa shape index (κ2) is 7.98. The lowest BCUT2D eigenvalue weighted by molar-refractivity contribution is -0.153. The monoisotopic (exact) mass is 467 g/mol. The first-order valence-electron chi connectivity index (χ1n) is 11.1. The highest BCUT2D eigenvalue weighted by Crippen LogP contribution is 2.41. The molecule has 10 heteroatoms. The van der Waals surface area contributed by atoms with E-state index < -0.39 is 17.5 Å². The first kappa shape index (κ1) is 22.1. The maximum absolute atomic E-state index is 15.3. The molecule has 34 heavy (non-hydrogen) atoms. The molecule has 3 atom stereocenters. The minimum absolute atomic E-state index is 0.0408. The summed E-state index contributed by atoms with van der Waals surface area (Å²) in [6.45, 7) is 6.55. The van der Waals surface area contributed by atoms with Gasteiger partial charge < -0.3 is 25.6 Å². The third kappa shape index (κ3) is 3.63. The molecule has 1 amide bonds. The molecule has 9 nitrogen and oxygen atoms in total. The molecule has 2 aromatic heterocycles. The van der Waals surface area contributed by atoms with E-state index in [2.05, 4.69) is 20.6 Å². The highest BCUT2D eigenvalue weighted by atomic mass is 19.1. The quantitative estimate of drug-likeness (QED) is 0.427. The number of pyridine rings is 2. The minimum Gasteiger partial charge on any atom is -0.474 e. The number of nitrogens with two attached hydrogens (primary N) is 1. The van der Waals surface area contributed by atoms with Crippen LogP contribution < -0.4 is 21.1 Å². The summed E-state index contributed by atoms with van der Waals surface area (Å²) in [6.07, 6.45) is 2.31. The molecule has 2 aliphatic rings. The SMILES string of the molecule is Cc1c(-c2cc3cc(NC(=O)O[C@H]4C[C@](C)(O)[C@H]4C)ncc3c(N)c2F)cnc2c1NCCO2. The average Bonchev–Trinajstić information content (AvgIpc) is 2.81. The van der Waals surface area contributed by atoms with Crippen LogP contribution in [-0.2, 0) is 4.74 Å². The Kier molecular flexibility index (Phi) is 5.20. The van der Waals surface area contributed by atoms with Crippen molar-refractivity contribution < 1.29 is 23.8 Å². The molecule has 1 saturated carbocycles. The number of ether oxygens (including phenoxy) is 2. The summed E-state index contributed by atoms with van der Waals surface area (Å²) in [5.74, 6) is -0.00904. The number of nitrogens with zero attached hydrogens (tertiary/aromatic N) is 2. The van der Waals surface area contributed by atoms with Crippen LogP contribution >= 0.6 is 0 Å². The zero-order valence-electron chi connectivity index (χ0n) is 19.1. The topological polar surface area (TPSA) is 132 Å². The molecular formula is C24H26FN5O4. The number of carbonyl (C=O) groups is 1. The molecule has 3 aromatic rings. The lowest BCUT2D eigenvalue weighted by Crippen LogP contribution is -2.55. The van der Waals surface area contributed by atoms with Gasteiger partial charge in [-0.1, -0.05) is 6.92 Å². The fraction of sp³-hybridized carbons (Fsp3) is 0.375. The van der Waals surface area contributed by atoms with Crippen molar-refractivity contribution in [2.24, 2.45) is 5.92 Å². The summed E-state index contributed by atoms with van der Waals surface area (Å²) in [5, 5.41) is 16.9. The van der Waals surface area contributed by atoms with Gasteiger partial charge in [-0.3, -0.25) is 5.32 Å². The Balaban J connectivity index is 1.45. The van der Waals surface area contributed by atoms with Gasteiger partial charge in [-0.25, -0.2) is 19.2 Å². The van der Waals surface area contributed by atoms with Crippen LogP contribution in [0.5, 0.6) is 5.88 Å². The van der Waals surface area contributed by atoms with Crippen molar-refractivity contribution in [3.8, 4) is 17.0 Å². The van der Waals surface area contributed by atoms with Crippen molar-refractivity contribution in [3.05, 3.63) is 35.9 Å². The van der Waals surface area contributed by atoms with Crippen molar-refractivity contribution in [1.29, 1.82) is 0 Å². The molecule has 5 rings (SSSR count). The van der Waals surface area contributed by atoms with Gasteiger partial charge in [0.25, 0.3) is 0 Å². The first-order chi connectivity index (χ1) is 16.2. The highest BCUT2D eigenvalue weighted by molar-refractivity contribution is 5.99. The van der Waals surface area contributed by atoms with E-state index in [0.717, 1.165) is 11.3 Å². The smallest absolute Gasteiger partial charge is 0.413 e. The highest BCUT2D eigenvalue weighted by Gasteiger charge is 2.49. The van der Waals surface area contributed by atoms with Crippen molar-refractivity contribution in [3.63, 3.8) is 0 Å². The summed E-state index contributed by atoms with van der Waals surface area (Å²) < 4.78 is 26.2. The fourth-order valence-corrected chi connectivity index (χ4v) is 4.48. The number of benzene rings is 1. The van der Waals surface area contributed by atoms with E-state index >= 15 is 4.39 Å². The number of nitrogens with one attached hydrogen (secondary N) is 2. The lowest BCUT2D eigenvalue weighted by Gasteiger charge is -2.46. The van der Waals surface area contributed by atoms with Crippen LogP contribution in [-0.4, -0.2) is 46.0 Å². The zero-order chi connectivity index (χ0) is 24.2. The Labute approximate surface area is 195 Å². The lowest BCUT2D eigenvalue weighted by atomic mass is 9.69. The predicted octanol–water partition coefficient (Wildman–Crippen LogP) is 3.84. The van der Waals surface area contributed by atoms with E-state index in [1.54, 1.807) is 25.3 Å². The van der Waals surface area contributed by atoms with Gasteiger partial charge in [-0.05, 0) is 36.9 Å². The molecule has 1 aliphatic heterocycles. The number of amides is 1. The number of hydrogen-bond donors (Lipinski definition) is 4. The molecule has 1 fully saturated rings. The van der Waals surface area contributed by atoms with Crippen LogP contribution in [0.1, 0.15) is 25.8 Å². The molecule has 0 unspecified atom stereocenters. The molecular weight excluding hydrogens is 441 g/mol. The van der Waals surface area contributed by atoms with Crippen LogP contribution in [0, 0.1) is 18.7 Å². The molecule has 0 saturated heterocycles. The van der Waals surface area contributed by atoms with Gasteiger partial charge >= 0.3 is 6.09 Å². The number of carbonyl (C=O) groups excluding carboxylic acids is 1. The Morgan fingerprint density at radius 2 is 2.15 bits per heavy atom. The van der Waals surface area contributed by atoms with Gasteiger partial charge in [-0.15, -0.1) is 0 Å². The van der Waals surface area contributed by atoms with E-state index in [9.17, 15) is 9.90 Å². The van der Waals surface area contributed by atoms with Crippen LogP contribution in [0.2, 0.25) is 0 Å². The zero-order valence-corrected chi connectivity index (χ0v) is 19.1. The van der Waals surface area contributed by atoms with Gasteiger partial charge in [0.2, 0.25) is 5.88 Å². The second-order valence-corrected chi connectivity index (χ2v) is 9.11. The number of aromatic nitrogens is 2.